The van der Waals surface area contributed by atoms with Crippen molar-refractivity contribution >= 4 is 5.91 Å². The van der Waals surface area contributed by atoms with E-state index in [0.29, 0.717) is 6.42 Å². The standard InChI is InChI=1S/C22H31NO3/c1-14(19-9-18(25-2)4-5-20(19)26-3)23-21(24)13-22-10-15-6-16(11-22)8-17(7-15)12-22/h4-5,9,14-17H,6-8,10-13H2,1-3H3,(H,23,24). The fourth-order valence-electron chi connectivity index (χ4n) is 6.40. The van der Waals surface area contributed by atoms with Crippen LogP contribution in [0.25, 0.3) is 0 Å². The zero-order chi connectivity index (χ0) is 18.3. The Morgan fingerprint density at radius 1 is 1.12 bits per heavy atom. The molecule has 4 aliphatic rings. The summed E-state index contributed by atoms with van der Waals surface area (Å²) in [5.74, 6) is 4.39. The highest BCUT2D eigenvalue weighted by Crippen LogP contribution is 2.61. The molecule has 0 aromatic heterocycles. The van der Waals surface area contributed by atoms with Gasteiger partial charge in [-0.25, -0.2) is 0 Å². The molecule has 0 saturated heterocycles. The number of hydrogen-bond acceptors (Lipinski definition) is 3. The maximum atomic E-state index is 12.9. The molecule has 0 radical (unpaired) electrons. The molecule has 4 saturated carbocycles. The van der Waals surface area contributed by atoms with Crippen LogP contribution in [0.2, 0.25) is 0 Å². The normalized spacial score (nSPS) is 33.0. The molecule has 1 amide bonds. The van der Waals surface area contributed by atoms with Crippen molar-refractivity contribution in [3.63, 3.8) is 0 Å². The summed E-state index contributed by atoms with van der Waals surface area (Å²) in [5, 5.41) is 3.22. The highest BCUT2D eigenvalue weighted by atomic mass is 16.5. The van der Waals surface area contributed by atoms with E-state index in [9.17, 15) is 4.79 Å². The molecule has 4 heteroatoms. The lowest BCUT2D eigenvalue weighted by Gasteiger charge is -2.56. The Kier molecular flexibility index (Phi) is 4.62. The third-order valence-corrected chi connectivity index (χ3v) is 6.98. The number of carbonyl (C=O) groups is 1. The lowest BCUT2D eigenvalue weighted by Crippen LogP contribution is -2.48. The highest BCUT2D eigenvalue weighted by Gasteiger charge is 2.51. The predicted octanol–water partition coefficient (Wildman–Crippen LogP) is 4.49. The van der Waals surface area contributed by atoms with Crippen LogP contribution in [0.3, 0.4) is 0 Å². The maximum absolute atomic E-state index is 12.9. The van der Waals surface area contributed by atoms with Gasteiger partial charge in [0.05, 0.1) is 20.3 Å². The minimum atomic E-state index is -0.0959. The van der Waals surface area contributed by atoms with Gasteiger partial charge in [-0.15, -0.1) is 0 Å². The minimum Gasteiger partial charge on any atom is -0.497 e. The second-order valence-electron chi connectivity index (χ2n) is 8.99. The van der Waals surface area contributed by atoms with E-state index in [1.807, 2.05) is 25.1 Å². The van der Waals surface area contributed by atoms with Crippen LogP contribution in [-0.2, 0) is 4.79 Å². The van der Waals surface area contributed by atoms with Crippen LogP contribution in [0.1, 0.15) is 63.5 Å². The van der Waals surface area contributed by atoms with Crippen LogP contribution in [-0.4, -0.2) is 20.1 Å². The Morgan fingerprint density at radius 3 is 2.27 bits per heavy atom. The van der Waals surface area contributed by atoms with Crippen molar-refractivity contribution in [2.75, 3.05) is 14.2 Å². The van der Waals surface area contributed by atoms with Gasteiger partial charge in [0, 0.05) is 12.0 Å². The third-order valence-electron chi connectivity index (χ3n) is 6.98. The lowest BCUT2D eigenvalue weighted by molar-refractivity contribution is -0.130. The molecular weight excluding hydrogens is 326 g/mol. The Hall–Kier alpha value is -1.71. The molecule has 1 N–H and O–H groups in total. The summed E-state index contributed by atoms with van der Waals surface area (Å²) in [5.41, 5.74) is 1.24. The average Bonchev–Trinajstić information content (AvgIpc) is 2.59. The van der Waals surface area contributed by atoms with Gasteiger partial charge in [0.15, 0.2) is 0 Å². The maximum Gasteiger partial charge on any atom is 0.221 e. The Balaban J connectivity index is 1.44. The van der Waals surface area contributed by atoms with Gasteiger partial charge in [0.2, 0.25) is 5.91 Å². The van der Waals surface area contributed by atoms with E-state index in [1.165, 1.54) is 38.5 Å². The summed E-state index contributed by atoms with van der Waals surface area (Å²) in [6, 6.07) is 5.64. The summed E-state index contributed by atoms with van der Waals surface area (Å²) in [7, 11) is 3.32. The van der Waals surface area contributed by atoms with E-state index in [4.69, 9.17) is 9.47 Å². The van der Waals surface area contributed by atoms with Crippen LogP contribution in [0.15, 0.2) is 18.2 Å². The summed E-state index contributed by atoms with van der Waals surface area (Å²) >= 11 is 0. The number of methoxy groups -OCH3 is 2. The average molecular weight is 357 g/mol. The Bertz CT molecular complexity index is 649. The van der Waals surface area contributed by atoms with Gasteiger partial charge in [-0.2, -0.15) is 0 Å². The van der Waals surface area contributed by atoms with Crippen molar-refractivity contribution in [3.05, 3.63) is 23.8 Å². The number of amides is 1. The minimum absolute atomic E-state index is 0.0959. The van der Waals surface area contributed by atoms with Crippen molar-refractivity contribution in [1.29, 1.82) is 0 Å². The lowest BCUT2D eigenvalue weighted by atomic mass is 9.49. The molecule has 4 nitrogen and oxygen atoms in total. The van der Waals surface area contributed by atoms with E-state index in [1.54, 1.807) is 14.2 Å². The number of hydrogen-bond donors (Lipinski definition) is 1. The fourth-order valence-corrected chi connectivity index (χ4v) is 6.40. The zero-order valence-electron chi connectivity index (χ0n) is 16.2. The number of benzene rings is 1. The van der Waals surface area contributed by atoms with Gasteiger partial charge in [-0.05, 0) is 86.8 Å². The fraction of sp³-hybridized carbons (Fsp3) is 0.682. The number of ether oxygens (including phenoxy) is 2. The molecule has 4 fully saturated rings. The molecule has 0 spiro atoms. The molecule has 142 valence electrons. The Labute approximate surface area is 156 Å². The van der Waals surface area contributed by atoms with Crippen molar-refractivity contribution < 1.29 is 14.3 Å². The van der Waals surface area contributed by atoms with Gasteiger partial charge >= 0.3 is 0 Å². The summed E-state index contributed by atoms with van der Waals surface area (Å²) in [6.45, 7) is 2.02. The van der Waals surface area contributed by atoms with E-state index >= 15 is 0 Å². The van der Waals surface area contributed by atoms with Crippen molar-refractivity contribution in [1.82, 2.24) is 5.32 Å². The van der Waals surface area contributed by atoms with Gasteiger partial charge in [-0.3, -0.25) is 4.79 Å². The summed E-state index contributed by atoms with van der Waals surface area (Å²) in [4.78, 5) is 12.9. The molecule has 1 aromatic carbocycles. The molecule has 1 aromatic rings. The first-order valence-electron chi connectivity index (χ1n) is 10.0. The number of rotatable bonds is 6. The molecular formula is C22H31NO3. The molecule has 4 bridgehead atoms. The topological polar surface area (TPSA) is 47.6 Å². The second kappa shape index (κ2) is 6.79. The van der Waals surface area contributed by atoms with Crippen LogP contribution in [0.4, 0.5) is 0 Å². The van der Waals surface area contributed by atoms with Crippen molar-refractivity contribution in [3.8, 4) is 11.5 Å². The molecule has 0 heterocycles. The van der Waals surface area contributed by atoms with Gasteiger partial charge in [0.1, 0.15) is 11.5 Å². The highest BCUT2D eigenvalue weighted by molar-refractivity contribution is 5.77. The third kappa shape index (κ3) is 3.30. The first kappa shape index (κ1) is 17.7. The summed E-state index contributed by atoms with van der Waals surface area (Å²) in [6.07, 6.45) is 8.73. The van der Waals surface area contributed by atoms with Crippen LogP contribution >= 0.6 is 0 Å². The smallest absolute Gasteiger partial charge is 0.221 e. The van der Waals surface area contributed by atoms with Crippen LogP contribution < -0.4 is 14.8 Å². The van der Waals surface area contributed by atoms with Crippen molar-refractivity contribution in [2.24, 2.45) is 23.2 Å². The van der Waals surface area contributed by atoms with Crippen LogP contribution in [0, 0.1) is 23.2 Å². The van der Waals surface area contributed by atoms with Gasteiger partial charge in [0.25, 0.3) is 0 Å². The molecule has 26 heavy (non-hydrogen) atoms. The largest absolute Gasteiger partial charge is 0.497 e. The van der Waals surface area contributed by atoms with E-state index < -0.39 is 0 Å². The molecule has 1 unspecified atom stereocenters. The van der Waals surface area contributed by atoms with Gasteiger partial charge in [-0.1, -0.05) is 0 Å². The van der Waals surface area contributed by atoms with E-state index in [2.05, 4.69) is 5.32 Å². The number of carbonyl (C=O) groups excluding carboxylic acids is 1. The molecule has 1 atom stereocenters. The van der Waals surface area contributed by atoms with Crippen molar-refractivity contribution in [2.45, 2.75) is 57.9 Å². The number of nitrogens with one attached hydrogen (secondary N) is 1. The van der Waals surface area contributed by atoms with Crippen LogP contribution in [0.5, 0.6) is 11.5 Å². The predicted molar refractivity (Wildman–Crippen MR) is 101 cm³/mol. The van der Waals surface area contributed by atoms with Gasteiger partial charge < -0.3 is 14.8 Å². The quantitative estimate of drug-likeness (QED) is 0.816. The Morgan fingerprint density at radius 2 is 1.73 bits per heavy atom. The van der Waals surface area contributed by atoms with E-state index in [0.717, 1.165) is 34.8 Å². The summed E-state index contributed by atoms with van der Waals surface area (Å²) < 4.78 is 10.8. The SMILES string of the molecule is COc1ccc(OC)c(C(C)NC(=O)CC23CC4CC(CC(C4)C2)C3)c1. The molecule has 5 rings (SSSR count). The van der Waals surface area contributed by atoms with E-state index in [-0.39, 0.29) is 17.4 Å². The molecule has 0 aliphatic heterocycles. The monoisotopic (exact) mass is 357 g/mol. The zero-order valence-corrected chi connectivity index (χ0v) is 16.2. The first-order chi connectivity index (χ1) is 12.5. The molecule has 4 aliphatic carbocycles. The second-order valence-corrected chi connectivity index (χ2v) is 8.99. The first-order valence-corrected chi connectivity index (χ1v) is 10.0.